The number of hydrogen-bond donors (Lipinski definition) is 1. The zero-order valence-electron chi connectivity index (χ0n) is 23.0. The van der Waals surface area contributed by atoms with Crippen molar-refractivity contribution in [3.05, 3.63) is 69.8 Å². The molecule has 0 saturated carbocycles. The first-order valence-corrected chi connectivity index (χ1v) is 14.9. The van der Waals surface area contributed by atoms with Crippen LogP contribution in [0.25, 0.3) is 22.3 Å². The highest BCUT2D eigenvalue weighted by Gasteiger charge is 2.37. The van der Waals surface area contributed by atoms with Crippen LogP contribution >= 0.6 is 11.3 Å². The molecule has 0 unspecified atom stereocenters. The maximum atomic E-state index is 12.9. The van der Waals surface area contributed by atoms with E-state index in [2.05, 4.69) is 61.2 Å². The first-order valence-electron chi connectivity index (χ1n) is 14.0. The summed E-state index contributed by atoms with van der Waals surface area (Å²) < 4.78 is 0. The zero-order chi connectivity index (χ0) is 26.5. The Balaban J connectivity index is 1.08. The number of rotatable bonds is 5. The van der Waals surface area contributed by atoms with E-state index in [4.69, 9.17) is 4.98 Å². The lowest BCUT2D eigenvalue weighted by Crippen LogP contribution is -2.38. The van der Waals surface area contributed by atoms with Gasteiger partial charge in [0.05, 0.1) is 21.7 Å². The topological polar surface area (TPSA) is 61.9 Å². The molecule has 0 spiro atoms. The minimum Gasteiger partial charge on any atom is -0.343 e. The summed E-state index contributed by atoms with van der Waals surface area (Å²) >= 11 is 1.78. The normalized spacial score (nSPS) is 19.0. The molecule has 4 aromatic rings. The van der Waals surface area contributed by atoms with Gasteiger partial charge in [-0.3, -0.25) is 4.79 Å². The second-order valence-corrected chi connectivity index (χ2v) is 13.3. The van der Waals surface area contributed by atoms with Crippen molar-refractivity contribution in [2.45, 2.75) is 83.0 Å². The van der Waals surface area contributed by atoms with Crippen molar-refractivity contribution in [1.29, 1.82) is 0 Å². The molecule has 38 heavy (non-hydrogen) atoms. The fourth-order valence-corrected chi connectivity index (χ4v) is 7.24. The summed E-state index contributed by atoms with van der Waals surface area (Å²) in [7, 11) is 0. The number of para-hydroxylation sites is 2. The Morgan fingerprint density at radius 1 is 1.00 bits per heavy atom. The van der Waals surface area contributed by atoms with E-state index in [-0.39, 0.29) is 16.7 Å². The van der Waals surface area contributed by atoms with Crippen LogP contribution in [0.15, 0.2) is 47.8 Å². The molecule has 1 N–H and O–H groups in total. The monoisotopic (exact) mass is 526 g/mol. The molecule has 0 radical (unpaired) electrons. The Hall–Kier alpha value is -2.99. The van der Waals surface area contributed by atoms with Crippen molar-refractivity contribution >= 4 is 28.3 Å². The summed E-state index contributed by atoms with van der Waals surface area (Å²) in [5, 5.41) is 3.44. The maximum absolute atomic E-state index is 12.9. The van der Waals surface area contributed by atoms with E-state index in [0.29, 0.717) is 18.8 Å². The van der Waals surface area contributed by atoms with Crippen molar-refractivity contribution in [3.8, 4) is 11.3 Å². The highest BCUT2D eigenvalue weighted by atomic mass is 32.1. The number of likely N-dealkylation sites (tertiary alicyclic amines) is 1. The summed E-state index contributed by atoms with van der Waals surface area (Å²) in [6, 6.07) is 15.0. The third-order valence-electron chi connectivity index (χ3n) is 8.88. The summed E-state index contributed by atoms with van der Waals surface area (Å²) in [4.78, 5) is 28.0. The van der Waals surface area contributed by atoms with E-state index in [1.807, 2.05) is 29.2 Å². The highest BCUT2D eigenvalue weighted by Crippen LogP contribution is 2.47. The van der Waals surface area contributed by atoms with E-state index in [1.165, 1.54) is 34.5 Å². The van der Waals surface area contributed by atoms with Gasteiger partial charge in [-0.25, -0.2) is 9.97 Å². The van der Waals surface area contributed by atoms with Crippen molar-refractivity contribution in [2.24, 2.45) is 0 Å². The molecular weight excluding hydrogens is 488 g/mol. The average molecular weight is 527 g/mol. The lowest BCUT2D eigenvalue weighted by atomic mass is 9.63. The largest absolute Gasteiger partial charge is 0.343 e. The van der Waals surface area contributed by atoms with Gasteiger partial charge in [0.2, 0.25) is 5.91 Å². The number of fused-ring (bicyclic) bond motifs is 2. The number of H-pyrrole nitrogens is 1. The summed E-state index contributed by atoms with van der Waals surface area (Å²) in [5.41, 5.74) is 7.72. The minimum absolute atomic E-state index is 0.198. The van der Waals surface area contributed by atoms with Crippen LogP contribution in [0.3, 0.4) is 0 Å². The molecular formula is C32H38N4OS. The number of nitrogens with one attached hydrogen (secondary N) is 1. The first-order chi connectivity index (χ1) is 18.2. The number of carbonyl (C=O) groups is 1. The molecule has 1 saturated heterocycles. The van der Waals surface area contributed by atoms with E-state index in [0.717, 1.165) is 48.5 Å². The van der Waals surface area contributed by atoms with Crippen LogP contribution < -0.4 is 0 Å². The number of piperidine rings is 1. The lowest BCUT2D eigenvalue weighted by molar-refractivity contribution is -0.132. The first kappa shape index (κ1) is 25.3. The summed E-state index contributed by atoms with van der Waals surface area (Å²) in [6.07, 6.45) is 5.56. The Bertz CT molecular complexity index is 1440. The molecule has 5 nitrogen and oxygen atoms in total. The van der Waals surface area contributed by atoms with Crippen LogP contribution in [-0.4, -0.2) is 38.8 Å². The molecule has 6 rings (SSSR count). The van der Waals surface area contributed by atoms with Crippen molar-refractivity contribution < 1.29 is 4.79 Å². The van der Waals surface area contributed by atoms with Crippen molar-refractivity contribution in [1.82, 2.24) is 19.9 Å². The standard InChI is InChI=1S/C32H38N4OS/c1-31(2)15-16-32(3,4)24-19-22(9-10-23(24)31)27-20-38-30(35-27)21-13-17-36(18-14-21)29(37)12-11-28-33-25-7-5-6-8-26(25)34-28/h5-10,19-21H,11-18H2,1-4H3,(H,33,34). The zero-order valence-corrected chi connectivity index (χ0v) is 23.8. The number of aryl methyl sites for hydroxylation is 1. The Kier molecular flexibility index (Phi) is 6.42. The van der Waals surface area contributed by atoms with Crippen LogP contribution in [0.1, 0.15) is 87.7 Å². The third kappa shape index (κ3) is 4.79. The molecule has 0 bridgehead atoms. The quantitative estimate of drug-likeness (QED) is 0.295. The van der Waals surface area contributed by atoms with E-state index < -0.39 is 0 Å². The Morgan fingerprint density at radius 3 is 2.50 bits per heavy atom. The number of imidazole rings is 1. The number of aromatic amines is 1. The summed E-state index contributed by atoms with van der Waals surface area (Å²) in [6.45, 7) is 11.1. The predicted octanol–water partition coefficient (Wildman–Crippen LogP) is 7.37. The molecule has 0 atom stereocenters. The van der Waals surface area contributed by atoms with Gasteiger partial charge >= 0.3 is 0 Å². The third-order valence-corrected chi connectivity index (χ3v) is 9.89. The molecule has 2 aliphatic rings. The molecule has 1 fully saturated rings. The van der Waals surface area contributed by atoms with Crippen LogP contribution in [-0.2, 0) is 22.0 Å². The van der Waals surface area contributed by atoms with E-state index >= 15 is 0 Å². The molecule has 1 amide bonds. The average Bonchev–Trinajstić information content (AvgIpc) is 3.57. The molecule has 6 heteroatoms. The van der Waals surface area contributed by atoms with E-state index in [1.54, 1.807) is 11.3 Å². The number of carbonyl (C=O) groups excluding carboxylic acids is 1. The summed E-state index contributed by atoms with van der Waals surface area (Å²) in [5.74, 6) is 1.54. The van der Waals surface area contributed by atoms with Gasteiger partial charge in [-0.15, -0.1) is 11.3 Å². The number of amides is 1. The fourth-order valence-electron chi connectivity index (χ4n) is 6.24. The van der Waals surface area contributed by atoms with E-state index in [9.17, 15) is 4.79 Å². The predicted molar refractivity (Wildman–Crippen MR) is 156 cm³/mol. The number of thiazole rings is 1. The number of hydrogen-bond acceptors (Lipinski definition) is 4. The molecule has 198 valence electrons. The van der Waals surface area contributed by atoms with Gasteiger partial charge in [0, 0.05) is 42.8 Å². The highest BCUT2D eigenvalue weighted by molar-refractivity contribution is 7.10. The van der Waals surface area contributed by atoms with Gasteiger partial charge < -0.3 is 9.88 Å². The van der Waals surface area contributed by atoms with Crippen LogP contribution in [0, 0.1) is 0 Å². The SMILES string of the molecule is CC1(C)CCC(C)(C)c2cc(-c3csc(C4CCN(C(=O)CCc5nc6ccccc6[nH]5)CC4)n3)ccc21. The number of benzene rings is 2. The van der Waals surface area contributed by atoms with Crippen LogP contribution in [0.2, 0.25) is 0 Å². The van der Waals surface area contributed by atoms with Gasteiger partial charge in [0.15, 0.2) is 0 Å². The van der Waals surface area contributed by atoms with Crippen LogP contribution in [0.4, 0.5) is 0 Å². The Morgan fingerprint density at radius 2 is 1.74 bits per heavy atom. The fraction of sp³-hybridized carbons (Fsp3) is 0.469. The maximum Gasteiger partial charge on any atom is 0.223 e. The molecule has 1 aliphatic carbocycles. The lowest BCUT2D eigenvalue weighted by Gasteiger charge is -2.42. The number of nitrogens with zero attached hydrogens (tertiary/aromatic N) is 3. The molecule has 2 aromatic carbocycles. The Labute approximate surface area is 229 Å². The van der Waals surface area contributed by atoms with Gasteiger partial charge in [-0.05, 0) is 65.8 Å². The minimum atomic E-state index is 0.198. The molecule has 2 aromatic heterocycles. The molecule has 3 heterocycles. The second-order valence-electron chi connectivity index (χ2n) is 12.5. The second kappa shape index (κ2) is 9.64. The van der Waals surface area contributed by atoms with Crippen molar-refractivity contribution in [2.75, 3.05) is 13.1 Å². The van der Waals surface area contributed by atoms with Crippen molar-refractivity contribution in [3.63, 3.8) is 0 Å². The molecule has 1 aliphatic heterocycles. The van der Waals surface area contributed by atoms with Gasteiger partial charge in [-0.1, -0.05) is 52.0 Å². The van der Waals surface area contributed by atoms with Gasteiger partial charge in [-0.2, -0.15) is 0 Å². The van der Waals surface area contributed by atoms with Gasteiger partial charge in [0.1, 0.15) is 5.82 Å². The van der Waals surface area contributed by atoms with Crippen LogP contribution in [0.5, 0.6) is 0 Å². The smallest absolute Gasteiger partial charge is 0.223 e. The number of aromatic nitrogens is 3. The van der Waals surface area contributed by atoms with Gasteiger partial charge in [0.25, 0.3) is 0 Å².